The molecule has 14 heteroatoms. The van der Waals surface area contributed by atoms with Crippen LogP contribution in [-0.2, 0) is 19.9 Å². The average Bonchev–Trinajstić information content (AvgIpc) is 3.16. The van der Waals surface area contributed by atoms with Crippen molar-refractivity contribution in [3.63, 3.8) is 0 Å². The molecule has 1 aliphatic rings. The molecule has 0 aliphatic carbocycles. The number of furan rings is 1. The highest BCUT2D eigenvalue weighted by Crippen LogP contribution is 2.51. The molecule has 1 fully saturated rings. The van der Waals surface area contributed by atoms with Crippen LogP contribution in [0.3, 0.4) is 0 Å². The Morgan fingerprint density at radius 1 is 1.06 bits per heavy atom. The monoisotopic (exact) mass is 505 g/mol. The summed E-state index contributed by atoms with van der Waals surface area (Å²) in [6.07, 6.45) is -3.26. The first-order valence-electron chi connectivity index (χ1n) is 8.94. The van der Waals surface area contributed by atoms with Crippen LogP contribution in [0.4, 0.5) is 26.3 Å². The lowest BCUT2D eigenvalue weighted by atomic mass is 10.1. The van der Waals surface area contributed by atoms with Crippen LogP contribution >= 0.6 is 10.3 Å². The fourth-order valence-electron chi connectivity index (χ4n) is 2.96. The third-order valence-electron chi connectivity index (χ3n) is 4.70. The Balaban J connectivity index is 1.69. The van der Waals surface area contributed by atoms with Crippen molar-refractivity contribution in [1.82, 2.24) is 4.90 Å². The minimum Gasteiger partial charge on any atom is -0.451 e. The molecule has 1 aliphatic heterocycles. The topological polar surface area (TPSA) is 76.8 Å². The molecule has 0 N–H and O–H groups in total. The highest BCUT2D eigenvalue weighted by atomic mass is 32.3. The number of hydrogen-bond acceptors (Lipinski definition) is 5. The van der Waals surface area contributed by atoms with E-state index in [0.717, 1.165) is 12.1 Å². The van der Waals surface area contributed by atoms with Crippen molar-refractivity contribution in [2.24, 2.45) is 0 Å². The first kappa shape index (κ1) is 24.5. The van der Waals surface area contributed by atoms with Crippen molar-refractivity contribution in [3.05, 3.63) is 47.7 Å². The summed E-state index contributed by atoms with van der Waals surface area (Å²) >= 11 is 0. The van der Waals surface area contributed by atoms with Crippen molar-refractivity contribution < 1.29 is 47.6 Å². The van der Waals surface area contributed by atoms with Crippen LogP contribution in [0.25, 0.3) is 11.3 Å². The van der Waals surface area contributed by atoms with Gasteiger partial charge in [0.2, 0.25) is 0 Å². The van der Waals surface area contributed by atoms with Crippen molar-refractivity contribution in [3.8, 4) is 11.3 Å². The molecule has 0 spiro atoms. The number of hydrogen-bond donors (Lipinski definition) is 0. The average molecular weight is 505 g/mol. The molecule has 32 heavy (non-hydrogen) atoms. The molecular weight excluding hydrogens is 488 g/mol. The molecular formula is C18H17F6NO5S2. The van der Waals surface area contributed by atoms with Crippen LogP contribution in [0.1, 0.15) is 16.1 Å². The third-order valence-corrected chi connectivity index (χ3v) is 9.39. The Labute approximate surface area is 180 Å². The van der Waals surface area contributed by atoms with Gasteiger partial charge in [-0.15, -0.1) is 10.3 Å². The Bertz CT molecular complexity index is 1100. The van der Waals surface area contributed by atoms with Gasteiger partial charge in [0.15, 0.2) is 5.76 Å². The van der Waals surface area contributed by atoms with E-state index in [0.29, 0.717) is 0 Å². The predicted octanol–water partition coefficient (Wildman–Crippen LogP) is 4.64. The highest BCUT2D eigenvalue weighted by molar-refractivity contribution is 8.32. The first-order chi connectivity index (χ1) is 14.6. The normalized spacial score (nSPS) is 18.4. The molecule has 1 aromatic carbocycles. The van der Waals surface area contributed by atoms with Gasteiger partial charge in [-0.3, -0.25) is 4.79 Å². The number of nitrogens with zero attached hydrogens (tertiary/aromatic N) is 1. The summed E-state index contributed by atoms with van der Waals surface area (Å²) in [6, 6.07) is 6.97. The highest BCUT2D eigenvalue weighted by Gasteiger charge is 2.50. The molecule has 1 aromatic heterocycles. The number of rotatable bonds is 4. The Morgan fingerprint density at radius 2 is 1.69 bits per heavy atom. The molecule has 1 saturated heterocycles. The SMILES string of the molecule is CS1(OS(=O)(=O)C(F)(F)F)CCN(C(=O)c2ccc(-c3cccc(C(F)(F)F)c3)o2)CC1. The zero-order chi connectivity index (χ0) is 23.9. The maximum atomic E-state index is 12.9. The number of carbonyl (C=O) groups excluding carboxylic acids is 1. The molecule has 0 radical (unpaired) electrons. The summed E-state index contributed by atoms with van der Waals surface area (Å²) in [4.78, 5) is 13.9. The van der Waals surface area contributed by atoms with Gasteiger partial charge in [0.25, 0.3) is 5.91 Å². The minimum absolute atomic E-state index is 0.0338. The number of halogens is 6. The van der Waals surface area contributed by atoms with Crippen molar-refractivity contribution in [2.75, 3.05) is 30.9 Å². The molecule has 3 rings (SSSR count). The minimum atomic E-state index is -5.75. The van der Waals surface area contributed by atoms with E-state index in [1.54, 1.807) is 0 Å². The lowest BCUT2D eigenvalue weighted by molar-refractivity contribution is -0.137. The van der Waals surface area contributed by atoms with E-state index in [2.05, 4.69) is 3.63 Å². The molecule has 2 heterocycles. The molecule has 0 unspecified atom stereocenters. The van der Waals surface area contributed by atoms with Gasteiger partial charge in [0.05, 0.1) is 5.56 Å². The Morgan fingerprint density at radius 3 is 2.25 bits per heavy atom. The number of amides is 1. The Hall–Kier alpha value is -2.19. The predicted molar refractivity (Wildman–Crippen MR) is 104 cm³/mol. The third kappa shape index (κ3) is 5.23. The molecule has 0 saturated carbocycles. The van der Waals surface area contributed by atoms with E-state index in [9.17, 15) is 39.6 Å². The van der Waals surface area contributed by atoms with Gasteiger partial charge < -0.3 is 9.32 Å². The standard InChI is InChI=1S/C18H17F6NO5S2/c1-31(30-32(27,28)18(22,23)24)9-7-25(8-10-31)16(26)15-6-5-14(29-15)12-3-2-4-13(11-12)17(19,20)21/h2-6,11H,7-10H2,1H3. The lowest BCUT2D eigenvalue weighted by Crippen LogP contribution is -2.43. The summed E-state index contributed by atoms with van der Waals surface area (Å²) in [5.41, 5.74) is -6.31. The van der Waals surface area contributed by atoms with Crippen LogP contribution in [0.2, 0.25) is 0 Å². The summed E-state index contributed by atoms with van der Waals surface area (Å²) in [5.74, 6) is -0.959. The van der Waals surface area contributed by atoms with Gasteiger partial charge in [0.1, 0.15) is 5.76 Å². The van der Waals surface area contributed by atoms with Gasteiger partial charge >= 0.3 is 21.8 Å². The second-order valence-electron chi connectivity index (χ2n) is 7.09. The molecule has 0 bridgehead atoms. The zero-order valence-electron chi connectivity index (χ0n) is 16.4. The molecule has 2 aromatic rings. The van der Waals surface area contributed by atoms with Crippen LogP contribution in [-0.4, -0.2) is 55.6 Å². The van der Waals surface area contributed by atoms with Gasteiger partial charge in [-0.2, -0.15) is 34.8 Å². The van der Waals surface area contributed by atoms with E-state index in [1.165, 1.54) is 35.4 Å². The second kappa shape index (κ2) is 8.30. The van der Waals surface area contributed by atoms with Gasteiger partial charge in [0, 0.05) is 30.2 Å². The van der Waals surface area contributed by atoms with Gasteiger partial charge in [-0.05, 0) is 30.5 Å². The van der Waals surface area contributed by atoms with Crippen molar-refractivity contribution in [1.29, 1.82) is 0 Å². The summed E-state index contributed by atoms with van der Waals surface area (Å²) < 4.78 is 109. The largest absolute Gasteiger partial charge is 0.523 e. The lowest BCUT2D eigenvalue weighted by Gasteiger charge is -2.41. The first-order valence-corrected chi connectivity index (χ1v) is 12.7. The van der Waals surface area contributed by atoms with E-state index in [1.807, 2.05) is 0 Å². The van der Waals surface area contributed by atoms with Gasteiger partial charge in [-0.25, -0.2) is 3.63 Å². The van der Waals surface area contributed by atoms with Crippen LogP contribution in [0.15, 0.2) is 40.8 Å². The van der Waals surface area contributed by atoms with Crippen LogP contribution in [0.5, 0.6) is 0 Å². The fraction of sp³-hybridized carbons (Fsp3) is 0.389. The van der Waals surface area contributed by atoms with E-state index < -0.39 is 43.6 Å². The van der Waals surface area contributed by atoms with E-state index in [-0.39, 0.29) is 41.7 Å². The van der Waals surface area contributed by atoms with Crippen LogP contribution in [0, 0.1) is 0 Å². The van der Waals surface area contributed by atoms with Crippen molar-refractivity contribution >= 4 is 26.3 Å². The quantitative estimate of drug-likeness (QED) is 0.447. The molecule has 6 nitrogen and oxygen atoms in total. The summed E-state index contributed by atoms with van der Waals surface area (Å²) in [5, 5.41) is 0. The summed E-state index contributed by atoms with van der Waals surface area (Å²) in [6.45, 7) is -0.144. The maximum absolute atomic E-state index is 12.9. The van der Waals surface area contributed by atoms with Crippen LogP contribution < -0.4 is 0 Å². The number of alkyl halides is 6. The van der Waals surface area contributed by atoms with E-state index in [4.69, 9.17) is 4.42 Å². The summed E-state index contributed by atoms with van der Waals surface area (Å²) in [7, 11) is -8.38. The second-order valence-corrected chi connectivity index (χ2v) is 12.2. The maximum Gasteiger partial charge on any atom is 0.523 e. The number of carbonyl (C=O) groups is 1. The fourth-order valence-corrected chi connectivity index (χ4v) is 6.96. The van der Waals surface area contributed by atoms with Gasteiger partial charge in [-0.1, -0.05) is 12.1 Å². The molecule has 1 amide bonds. The molecule has 178 valence electrons. The van der Waals surface area contributed by atoms with Crippen molar-refractivity contribution in [2.45, 2.75) is 11.7 Å². The number of benzene rings is 1. The van der Waals surface area contributed by atoms with E-state index >= 15 is 0 Å². The molecule has 0 atom stereocenters. The zero-order valence-corrected chi connectivity index (χ0v) is 18.0. The Kier molecular flexibility index (Phi) is 6.34. The smallest absolute Gasteiger partial charge is 0.451 e.